The van der Waals surface area contributed by atoms with E-state index in [1.165, 1.54) is 11.6 Å². The number of carbonyl (C=O) groups excluding carboxylic acids is 1. The van der Waals surface area contributed by atoms with E-state index < -0.39 is 28.1 Å². The molecule has 34 heavy (non-hydrogen) atoms. The summed E-state index contributed by atoms with van der Waals surface area (Å²) in [5, 5.41) is 30.7. The van der Waals surface area contributed by atoms with E-state index in [0.717, 1.165) is 36.1 Å². The van der Waals surface area contributed by atoms with Crippen LogP contribution in [0.25, 0.3) is 17.0 Å². The fourth-order valence-electron chi connectivity index (χ4n) is 4.30. The van der Waals surface area contributed by atoms with E-state index in [-0.39, 0.29) is 40.9 Å². The van der Waals surface area contributed by atoms with Crippen molar-refractivity contribution in [2.24, 2.45) is 0 Å². The average molecular weight is 465 g/mol. The van der Waals surface area contributed by atoms with E-state index in [0.29, 0.717) is 0 Å². The minimum absolute atomic E-state index is 0.0239. The number of ketones is 1. The second kappa shape index (κ2) is 9.75. The number of carbonyl (C=O) groups is 1. The summed E-state index contributed by atoms with van der Waals surface area (Å²) in [7, 11) is 0. The number of aliphatic hydroxyl groups is 1. The van der Waals surface area contributed by atoms with Crippen LogP contribution in [-0.4, -0.2) is 21.1 Å². The van der Waals surface area contributed by atoms with Gasteiger partial charge >= 0.3 is 0 Å². The van der Waals surface area contributed by atoms with Crippen LogP contribution < -0.4 is 5.43 Å². The molecule has 0 saturated carbocycles. The molecule has 1 aromatic carbocycles. The van der Waals surface area contributed by atoms with Crippen molar-refractivity contribution in [3.63, 3.8) is 0 Å². The quantitative estimate of drug-likeness (QED) is 0.411. The molecule has 0 spiro atoms. The molecule has 180 valence electrons. The molecule has 0 amide bonds. The van der Waals surface area contributed by atoms with E-state index in [4.69, 9.17) is 4.42 Å². The lowest BCUT2D eigenvalue weighted by Crippen LogP contribution is -2.43. The van der Waals surface area contributed by atoms with Crippen LogP contribution in [0.5, 0.6) is 11.5 Å². The van der Waals surface area contributed by atoms with Crippen LogP contribution in [-0.2, 0) is 10.2 Å². The predicted octanol–water partition coefficient (Wildman–Crippen LogP) is 6.36. The summed E-state index contributed by atoms with van der Waals surface area (Å²) in [6, 6.07) is 2.29. The molecular formula is C28H32O6. The summed E-state index contributed by atoms with van der Waals surface area (Å²) < 4.78 is 5.85. The highest BCUT2D eigenvalue weighted by molar-refractivity contribution is 6.08. The highest BCUT2D eigenvalue weighted by Crippen LogP contribution is 2.43. The number of Topliss-reactive ketones (excluding diaryl/α,β-unsaturated/α-hetero) is 1. The monoisotopic (exact) mass is 464 g/mol. The number of phenols is 2. The van der Waals surface area contributed by atoms with Gasteiger partial charge in [-0.2, -0.15) is 0 Å². The molecule has 1 heterocycles. The smallest absolute Gasteiger partial charge is 0.208 e. The number of aromatic hydroxyl groups is 2. The molecule has 1 aliphatic rings. The maximum Gasteiger partial charge on any atom is 0.208 e. The van der Waals surface area contributed by atoms with Crippen molar-refractivity contribution >= 4 is 22.8 Å². The van der Waals surface area contributed by atoms with Crippen LogP contribution in [0.15, 0.2) is 62.1 Å². The Hall–Kier alpha value is -3.54. The Kier molecular flexibility index (Phi) is 7.20. The van der Waals surface area contributed by atoms with E-state index >= 15 is 0 Å². The Labute approximate surface area is 199 Å². The van der Waals surface area contributed by atoms with E-state index in [2.05, 4.69) is 6.08 Å². The van der Waals surface area contributed by atoms with Crippen molar-refractivity contribution in [1.82, 2.24) is 0 Å². The van der Waals surface area contributed by atoms with Crippen molar-refractivity contribution in [2.75, 3.05) is 0 Å². The molecule has 6 nitrogen and oxygen atoms in total. The zero-order chi connectivity index (χ0) is 25.2. The van der Waals surface area contributed by atoms with Crippen molar-refractivity contribution in [1.29, 1.82) is 0 Å². The number of allylic oxidation sites excluding steroid dienone is 7. The van der Waals surface area contributed by atoms with Gasteiger partial charge in [0.05, 0.1) is 11.0 Å². The van der Waals surface area contributed by atoms with Gasteiger partial charge in [0.1, 0.15) is 28.2 Å². The van der Waals surface area contributed by atoms with Crippen LogP contribution in [0.1, 0.15) is 71.6 Å². The van der Waals surface area contributed by atoms with Gasteiger partial charge in [-0.25, -0.2) is 0 Å². The summed E-state index contributed by atoms with van der Waals surface area (Å²) in [5.41, 5.74) is 1.40. The molecule has 6 heteroatoms. The minimum atomic E-state index is -1.39. The maximum absolute atomic E-state index is 13.7. The molecule has 1 atom stereocenters. The molecule has 0 bridgehead atoms. The first-order chi connectivity index (χ1) is 16.0. The fraction of sp³-hybridized carbons (Fsp3) is 0.357. The average Bonchev–Trinajstić information content (AvgIpc) is 2.72. The summed E-state index contributed by atoms with van der Waals surface area (Å²) in [6.45, 7) is 9.86. The van der Waals surface area contributed by atoms with Crippen LogP contribution >= 0.6 is 0 Å². The minimum Gasteiger partial charge on any atom is -0.508 e. The number of aliphatic hydroxyl groups excluding tert-OH is 1. The summed E-state index contributed by atoms with van der Waals surface area (Å²) in [4.78, 5) is 27.2. The van der Waals surface area contributed by atoms with Crippen LogP contribution in [0, 0.1) is 0 Å². The maximum atomic E-state index is 13.7. The van der Waals surface area contributed by atoms with Crippen LogP contribution in [0.4, 0.5) is 0 Å². The third-order valence-electron chi connectivity index (χ3n) is 6.15. The first-order valence-corrected chi connectivity index (χ1v) is 11.4. The zero-order valence-corrected chi connectivity index (χ0v) is 20.4. The normalized spacial score (nSPS) is 17.9. The number of benzene rings is 1. The van der Waals surface area contributed by atoms with Gasteiger partial charge in [-0.05, 0) is 60.3 Å². The topological polar surface area (TPSA) is 108 Å². The Morgan fingerprint density at radius 1 is 0.941 bits per heavy atom. The lowest BCUT2D eigenvalue weighted by atomic mass is 9.67. The van der Waals surface area contributed by atoms with Gasteiger partial charge in [0.25, 0.3) is 0 Å². The molecule has 3 rings (SSSR count). The molecule has 1 aliphatic carbocycles. The molecule has 0 radical (unpaired) electrons. The molecule has 3 N–H and O–H groups in total. The largest absolute Gasteiger partial charge is 0.508 e. The summed E-state index contributed by atoms with van der Waals surface area (Å²) in [6.07, 6.45) is 9.15. The van der Waals surface area contributed by atoms with Crippen molar-refractivity contribution < 1.29 is 24.5 Å². The number of rotatable bonds is 7. The van der Waals surface area contributed by atoms with E-state index in [1.807, 2.05) is 46.8 Å². The second-order valence-corrected chi connectivity index (χ2v) is 9.51. The lowest BCUT2D eigenvalue weighted by molar-refractivity contribution is -0.123. The molecule has 0 fully saturated rings. The van der Waals surface area contributed by atoms with Crippen LogP contribution in [0.3, 0.4) is 0 Å². The third-order valence-corrected chi connectivity index (χ3v) is 6.15. The van der Waals surface area contributed by atoms with Crippen molar-refractivity contribution in [3.05, 3.63) is 74.4 Å². The summed E-state index contributed by atoms with van der Waals surface area (Å²) >= 11 is 0. The number of hydrogen-bond donors (Lipinski definition) is 3. The van der Waals surface area contributed by atoms with E-state index in [9.17, 15) is 24.9 Å². The highest BCUT2D eigenvalue weighted by atomic mass is 16.3. The Morgan fingerprint density at radius 2 is 1.59 bits per heavy atom. The fourth-order valence-corrected chi connectivity index (χ4v) is 4.30. The molecule has 0 unspecified atom stereocenters. The van der Waals surface area contributed by atoms with Crippen molar-refractivity contribution in [2.45, 2.75) is 65.7 Å². The Morgan fingerprint density at radius 3 is 2.24 bits per heavy atom. The molecule has 0 aliphatic heterocycles. The predicted molar refractivity (Wildman–Crippen MR) is 134 cm³/mol. The standard InChI is InChI=1S/C28H32O6/c1-16(2)7-6-8-18(5)10-12-28(11-9-17(3)4)25-23(15-21(31)27(28)33)34-22-14-19(29)13-20(30)24(22)26(25)32/h7,9-10,13-15,29-31H,6,8,11-12H2,1-5H3/b18-10+/t28-/m1/s1. The molecular weight excluding hydrogens is 432 g/mol. The second-order valence-electron chi connectivity index (χ2n) is 9.51. The van der Waals surface area contributed by atoms with Gasteiger partial charge in [-0.15, -0.1) is 0 Å². The lowest BCUT2D eigenvalue weighted by Gasteiger charge is -2.34. The van der Waals surface area contributed by atoms with Gasteiger partial charge < -0.3 is 19.7 Å². The van der Waals surface area contributed by atoms with Gasteiger partial charge in [-0.1, -0.05) is 34.9 Å². The number of fused-ring (bicyclic) bond motifs is 2. The number of hydrogen-bond acceptors (Lipinski definition) is 6. The SMILES string of the molecule is CC(C)=CCC/C(C)=C/C[C@@]1(CC=C(C)C)C(=O)C(O)=Cc2oc3cc(O)cc(O)c3c(=O)c21. The summed E-state index contributed by atoms with van der Waals surface area (Å²) in [5.74, 6) is -1.69. The van der Waals surface area contributed by atoms with Gasteiger partial charge in [0, 0.05) is 18.2 Å². The van der Waals surface area contributed by atoms with Gasteiger partial charge in [0.2, 0.25) is 11.2 Å². The first-order valence-electron chi connectivity index (χ1n) is 11.4. The number of phenolic OH excluding ortho intramolecular Hbond substituents is 2. The Bertz CT molecular complexity index is 1310. The van der Waals surface area contributed by atoms with E-state index in [1.54, 1.807) is 0 Å². The van der Waals surface area contributed by atoms with Gasteiger partial charge in [0.15, 0.2) is 5.76 Å². The Balaban J connectivity index is 2.25. The van der Waals surface area contributed by atoms with Gasteiger partial charge in [-0.3, -0.25) is 9.59 Å². The zero-order valence-electron chi connectivity index (χ0n) is 20.4. The van der Waals surface area contributed by atoms with Crippen molar-refractivity contribution in [3.8, 4) is 11.5 Å². The molecule has 2 aromatic rings. The first kappa shape index (κ1) is 25.1. The third kappa shape index (κ3) is 4.86. The highest BCUT2D eigenvalue weighted by Gasteiger charge is 2.47. The molecule has 1 aromatic heterocycles. The van der Waals surface area contributed by atoms with Crippen LogP contribution in [0.2, 0.25) is 0 Å². The molecule has 0 saturated heterocycles.